The summed E-state index contributed by atoms with van der Waals surface area (Å²) in [6.07, 6.45) is 1.07. The standard InChI is InChI=1S/C10H16BrNOS/c1-3-6-13-7-8(12-2)9-4-5-10(11)14-9/h4-5,8,12H,3,6-7H2,1-2H3. The number of hydrogen-bond acceptors (Lipinski definition) is 3. The van der Waals surface area contributed by atoms with Gasteiger partial charge >= 0.3 is 0 Å². The van der Waals surface area contributed by atoms with E-state index in [4.69, 9.17) is 4.74 Å². The number of rotatable bonds is 6. The summed E-state index contributed by atoms with van der Waals surface area (Å²) in [5.74, 6) is 0. The number of halogens is 1. The van der Waals surface area contributed by atoms with Gasteiger partial charge in [0.05, 0.1) is 16.4 Å². The van der Waals surface area contributed by atoms with Gasteiger partial charge in [0.15, 0.2) is 0 Å². The van der Waals surface area contributed by atoms with Gasteiger partial charge in [0.1, 0.15) is 0 Å². The Labute approximate surface area is 97.8 Å². The summed E-state index contributed by atoms with van der Waals surface area (Å²) in [5.41, 5.74) is 0. The highest BCUT2D eigenvalue weighted by atomic mass is 79.9. The van der Waals surface area contributed by atoms with Crippen molar-refractivity contribution < 1.29 is 4.74 Å². The lowest BCUT2D eigenvalue weighted by Gasteiger charge is -2.14. The summed E-state index contributed by atoms with van der Waals surface area (Å²) >= 11 is 5.21. The fraction of sp³-hybridized carbons (Fsp3) is 0.600. The van der Waals surface area contributed by atoms with Crippen molar-refractivity contribution in [3.63, 3.8) is 0 Å². The highest BCUT2D eigenvalue weighted by molar-refractivity contribution is 9.11. The third-order valence-electron chi connectivity index (χ3n) is 1.92. The molecule has 0 aliphatic heterocycles. The molecular formula is C10H16BrNOS. The number of nitrogens with one attached hydrogen (secondary N) is 1. The highest BCUT2D eigenvalue weighted by Gasteiger charge is 2.11. The maximum Gasteiger partial charge on any atom is 0.0702 e. The largest absolute Gasteiger partial charge is 0.379 e. The molecule has 0 saturated carbocycles. The number of ether oxygens (including phenoxy) is 1. The molecule has 1 atom stereocenters. The van der Waals surface area contributed by atoms with E-state index >= 15 is 0 Å². The quantitative estimate of drug-likeness (QED) is 0.807. The molecule has 0 bridgehead atoms. The molecule has 0 aliphatic carbocycles. The zero-order valence-electron chi connectivity index (χ0n) is 8.55. The highest BCUT2D eigenvalue weighted by Crippen LogP contribution is 2.27. The average Bonchev–Trinajstić information content (AvgIpc) is 2.60. The van der Waals surface area contributed by atoms with Gasteiger partial charge in [0.2, 0.25) is 0 Å². The van der Waals surface area contributed by atoms with Crippen molar-refractivity contribution in [2.75, 3.05) is 20.3 Å². The molecule has 1 N–H and O–H groups in total. The van der Waals surface area contributed by atoms with Crippen LogP contribution in [0.3, 0.4) is 0 Å². The van der Waals surface area contributed by atoms with Gasteiger partial charge in [0, 0.05) is 11.5 Å². The Bertz CT molecular complexity index is 264. The van der Waals surface area contributed by atoms with Crippen LogP contribution in [0.5, 0.6) is 0 Å². The van der Waals surface area contributed by atoms with Crippen LogP contribution in [0.4, 0.5) is 0 Å². The summed E-state index contributed by atoms with van der Waals surface area (Å²) in [5, 5.41) is 3.26. The topological polar surface area (TPSA) is 21.3 Å². The van der Waals surface area contributed by atoms with Gasteiger partial charge in [-0.25, -0.2) is 0 Å². The lowest BCUT2D eigenvalue weighted by Crippen LogP contribution is -2.20. The first-order valence-electron chi connectivity index (χ1n) is 4.78. The first kappa shape index (κ1) is 12.2. The van der Waals surface area contributed by atoms with Crippen molar-refractivity contribution in [3.8, 4) is 0 Å². The van der Waals surface area contributed by atoms with Gasteiger partial charge in [-0.1, -0.05) is 6.92 Å². The Hall–Kier alpha value is 0.1000. The Morgan fingerprint density at radius 1 is 1.57 bits per heavy atom. The van der Waals surface area contributed by atoms with Crippen molar-refractivity contribution in [1.82, 2.24) is 5.32 Å². The number of likely N-dealkylation sites (N-methyl/N-ethyl adjacent to an activating group) is 1. The summed E-state index contributed by atoms with van der Waals surface area (Å²) in [6, 6.07) is 4.52. The van der Waals surface area contributed by atoms with Gasteiger partial charge in [-0.05, 0) is 41.5 Å². The predicted octanol–water partition coefficient (Wildman–Crippen LogP) is 3.20. The van der Waals surface area contributed by atoms with Crippen LogP contribution in [0.15, 0.2) is 15.9 Å². The molecule has 0 spiro atoms. The Morgan fingerprint density at radius 3 is 2.86 bits per heavy atom. The van der Waals surface area contributed by atoms with Gasteiger partial charge in [-0.15, -0.1) is 11.3 Å². The average molecular weight is 278 g/mol. The lowest BCUT2D eigenvalue weighted by atomic mass is 10.2. The SMILES string of the molecule is CCCOCC(NC)c1ccc(Br)s1. The van der Waals surface area contributed by atoms with Crippen LogP contribution < -0.4 is 5.32 Å². The third-order valence-corrected chi connectivity index (χ3v) is 3.66. The Balaban J connectivity index is 2.45. The van der Waals surface area contributed by atoms with Crippen LogP contribution in [0, 0.1) is 0 Å². The number of hydrogen-bond donors (Lipinski definition) is 1. The van der Waals surface area contributed by atoms with E-state index in [1.165, 1.54) is 8.66 Å². The van der Waals surface area contributed by atoms with Gasteiger partial charge in [-0.2, -0.15) is 0 Å². The van der Waals surface area contributed by atoms with Crippen LogP contribution in [-0.4, -0.2) is 20.3 Å². The molecule has 0 aliphatic rings. The van der Waals surface area contributed by atoms with E-state index in [2.05, 4.69) is 40.3 Å². The van der Waals surface area contributed by atoms with Gasteiger partial charge < -0.3 is 10.1 Å². The molecule has 1 aromatic rings. The normalized spacial score (nSPS) is 13.1. The molecule has 1 unspecified atom stereocenters. The van der Waals surface area contributed by atoms with Crippen LogP contribution in [-0.2, 0) is 4.74 Å². The fourth-order valence-electron chi connectivity index (χ4n) is 1.17. The number of thiophene rings is 1. The van der Waals surface area contributed by atoms with Crippen LogP contribution in [0.1, 0.15) is 24.3 Å². The van der Waals surface area contributed by atoms with Crippen molar-refractivity contribution in [2.45, 2.75) is 19.4 Å². The molecule has 1 aromatic heterocycles. The van der Waals surface area contributed by atoms with Gasteiger partial charge in [0.25, 0.3) is 0 Å². The first-order valence-corrected chi connectivity index (χ1v) is 6.39. The molecule has 1 heterocycles. The second kappa shape index (κ2) is 6.56. The molecule has 0 radical (unpaired) electrons. The monoisotopic (exact) mass is 277 g/mol. The zero-order valence-corrected chi connectivity index (χ0v) is 11.0. The predicted molar refractivity (Wildman–Crippen MR) is 64.9 cm³/mol. The summed E-state index contributed by atoms with van der Waals surface area (Å²) in [4.78, 5) is 1.32. The van der Waals surface area contributed by atoms with Crippen LogP contribution in [0.25, 0.3) is 0 Å². The van der Waals surface area contributed by atoms with E-state index in [-0.39, 0.29) is 0 Å². The van der Waals surface area contributed by atoms with Crippen molar-refractivity contribution in [1.29, 1.82) is 0 Å². The summed E-state index contributed by atoms with van der Waals surface area (Å²) < 4.78 is 6.70. The molecule has 0 fully saturated rings. The molecule has 0 aromatic carbocycles. The molecule has 0 amide bonds. The molecule has 0 saturated heterocycles. The summed E-state index contributed by atoms with van der Waals surface area (Å²) in [6.45, 7) is 3.71. The fourth-order valence-corrected chi connectivity index (χ4v) is 2.69. The van der Waals surface area contributed by atoms with Crippen molar-refractivity contribution >= 4 is 27.3 Å². The second-order valence-corrected chi connectivity index (χ2v) is 5.55. The van der Waals surface area contributed by atoms with Crippen LogP contribution in [0.2, 0.25) is 0 Å². The molecule has 80 valence electrons. The van der Waals surface area contributed by atoms with E-state index < -0.39 is 0 Å². The van der Waals surface area contributed by atoms with E-state index in [0.717, 1.165) is 19.6 Å². The van der Waals surface area contributed by atoms with E-state index in [0.29, 0.717) is 6.04 Å². The smallest absolute Gasteiger partial charge is 0.0702 e. The van der Waals surface area contributed by atoms with E-state index in [9.17, 15) is 0 Å². The second-order valence-electron chi connectivity index (χ2n) is 3.06. The zero-order chi connectivity index (χ0) is 10.4. The minimum atomic E-state index is 0.317. The van der Waals surface area contributed by atoms with E-state index in [1.54, 1.807) is 11.3 Å². The van der Waals surface area contributed by atoms with Crippen LogP contribution >= 0.6 is 27.3 Å². The molecule has 1 rings (SSSR count). The molecule has 4 heteroatoms. The minimum Gasteiger partial charge on any atom is -0.379 e. The van der Waals surface area contributed by atoms with Crippen molar-refractivity contribution in [2.24, 2.45) is 0 Å². The Kier molecular flexibility index (Phi) is 5.70. The maximum atomic E-state index is 5.53. The molecular weight excluding hydrogens is 262 g/mol. The molecule has 2 nitrogen and oxygen atoms in total. The first-order chi connectivity index (χ1) is 6.77. The van der Waals surface area contributed by atoms with Gasteiger partial charge in [-0.3, -0.25) is 0 Å². The minimum absolute atomic E-state index is 0.317. The third kappa shape index (κ3) is 3.69. The maximum absolute atomic E-state index is 5.53. The van der Waals surface area contributed by atoms with Crippen molar-refractivity contribution in [3.05, 3.63) is 20.8 Å². The lowest BCUT2D eigenvalue weighted by molar-refractivity contribution is 0.115. The molecule has 14 heavy (non-hydrogen) atoms. The van der Waals surface area contributed by atoms with E-state index in [1.807, 2.05) is 7.05 Å². The summed E-state index contributed by atoms with van der Waals surface area (Å²) in [7, 11) is 1.97. The Morgan fingerprint density at radius 2 is 2.36 bits per heavy atom.